The molecule has 0 fully saturated rings. The zero-order valence-corrected chi connectivity index (χ0v) is 39.9. The molecule has 0 aliphatic carbocycles. The van der Waals surface area contributed by atoms with Crippen molar-refractivity contribution in [3.05, 3.63) is 239 Å². The van der Waals surface area contributed by atoms with Crippen LogP contribution in [0.15, 0.2) is 200 Å². The number of nitrogens with one attached hydrogen (secondary N) is 1. The van der Waals surface area contributed by atoms with Crippen LogP contribution < -0.4 is 5.56 Å². The molecule has 348 valence electrons. The van der Waals surface area contributed by atoms with Crippen LogP contribution in [0, 0.1) is 0 Å². The second-order valence-corrected chi connectivity index (χ2v) is 16.6. The third kappa shape index (κ3) is 13.4. The molecule has 1 unspecified atom stereocenters. The van der Waals surface area contributed by atoms with E-state index in [0.29, 0.717) is 39.3 Å². The van der Waals surface area contributed by atoms with Crippen LogP contribution >= 0.6 is 11.8 Å². The molecular weight excluding hydrogens is 905 g/mol. The summed E-state index contributed by atoms with van der Waals surface area (Å²) in [6.07, 6.45) is 8.58. The van der Waals surface area contributed by atoms with Gasteiger partial charge in [-0.05, 0) is 64.9 Å². The van der Waals surface area contributed by atoms with Crippen LogP contribution in [-0.4, -0.2) is 71.2 Å². The summed E-state index contributed by atoms with van der Waals surface area (Å²) in [6, 6.07) is 52.7. The van der Waals surface area contributed by atoms with E-state index in [2.05, 4.69) is 29.7 Å². The van der Waals surface area contributed by atoms with E-state index in [1.54, 1.807) is 42.7 Å². The highest BCUT2D eigenvalue weighted by Crippen LogP contribution is 2.31. The molecule has 2 aliphatic heterocycles. The number of benzene rings is 7. The van der Waals surface area contributed by atoms with Crippen LogP contribution in [0.5, 0.6) is 5.88 Å². The Balaban J connectivity index is 0.000000161. The van der Waals surface area contributed by atoms with Gasteiger partial charge in [-0.25, -0.2) is 4.21 Å². The number of thioether (sulfide) groups is 1. The second-order valence-electron chi connectivity index (χ2n) is 14.6. The number of H-pyrrole nitrogens is 1. The molecule has 8 aromatic rings. The van der Waals surface area contributed by atoms with Gasteiger partial charge in [0, 0.05) is 45.8 Å². The van der Waals surface area contributed by atoms with E-state index >= 15 is 0 Å². The van der Waals surface area contributed by atoms with E-state index < -0.39 is 22.8 Å². The molecule has 0 bridgehead atoms. The fourth-order valence-corrected chi connectivity index (χ4v) is 7.95. The quantitative estimate of drug-likeness (QED) is 0.0940. The highest BCUT2D eigenvalue weighted by molar-refractivity contribution is 7.98. The lowest BCUT2D eigenvalue weighted by Gasteiger charge is -2.25. The van der Waals surface area contributed by atoms with Crippen molar-refractivity contribution in [1.82, 2.24) is 19.2 Å². The van der Waals surface area contributed by atoms with Crippen molar-refractivity contribution in [3.8, 4) is 5.88 Å². The monoisotopic (exact) mass is 954 g/mol. The molecule has 69 heavy (non-hydrogen) atoms. The number of amides is 4. The number of nitrogens with zero attached hydrogens (tertiary/aromatic N) is 3. The molecule has 0 saturated carbocycles. The van der Waals surface area contributed by atoms with E-state index in [1.807, 2.05) is 153 Å². The molecule has 0 saturated heterocycles. The van der Waals surface area contributed by atoms with Gasteiger partial charge in [0.15, 0.2) is 5.16 Å². The van der Waals surface area contributed by atoms with Crippen molar-refractivity contribution in [2.45, 2.75) is 12.1 Å². The van der Waals surface area contributed by atoms with Crippen LogP contribution in [0.4, 0.5) is 0 Å². The van der Waals surface area contributed by atoms with E-state index in [-0.39, 0.29) is 23.3 Å². The van der Waals surface area contributed by atoms with E-state index in [9.17, 15) is 28.2 Å². The standard InChI is InChI=1S/C14H11NO2.C13H9NO3S.3C8H8.C5H6N2O2S/c1-2-15-13(16)10-7-3-5-9-6-4-8-11(12(9)10)14(15)17;1-18(17)14-12(15)9-6-2-4-8-5-3-7-10(11(8)9)13(14)16;3*1-2-8-6-4-3-5-7-8;1-10-5-6-3(8)2-4(9)7-5/h3-8H,2H2,1H3;2-7H,1H3;3*2-7H,1H2;2H,1H3,(H2,6,7,8,9). The summed E-state index contributed by atoms with van der Waals surface area (Å²) in [5.74, 6) is -1.62. The molecule has 3 heterocycles. The Morgan fingerprint density at radius 3 is 1.19 bits per heavy atom. The lowest BCUT2D eigenvalue weighted by Crippen LogP contribution is -2.40. The Kier molecular flexibility index (Phi) is 19.2. The predicted molar refractivity (Wildman–Crippen MR) is 281 cm³/mol. The number of hydrogen-bond acceptors (Lipinski definition) is 9. The minimum Gasteiger partial charge on any atom is -0.493 e. The number of hydrogen-bond donors (Lipinski definition) is 2. The molecule has 2 aliphatic rings. The van der Waals surface area contributed by atoms with Crippen LogP contribution in [0.1, 0.15) is 65.0 Å². The van der Waals surface area contributed by atoms with Gasteiger partial charge in [-0.2, -0.15) is 9.29 Å². The topological polar surface area (TPSA) is 158 Å². The van der Waals surface area contributed by atoms with Crippen LogP contribution in [-0.2, 0) is 11.0 Å². The number of aromatic hydroxyl groups is 1. The zero-order valence-electron chi connectivity index (χ0n) is 38.3. The minimum atomic E-state index is -1.65. The first-order valence-corrected chi connectivity index (χ1v) is 24.1. The van der Waals surface area contributed by atoms with Gasteiger partial charge in [-0.3, -0.25) is 28.9 Å². The molecule has 11 nitrogen and oxygen atoms in total. The summed E-state index contributed by atoms with van der Waals surface area (Å²) in [6.45, 7) is 13.1. The minimum absolute atomic E-state index is 0.193. The van der Waals surface area contributed by atoms with Crippen molar-refractivity contribution < 1.29 is 28.5 Å². The summed E-state index contributed by atoms with van der Waals surface area (Å²) in [4.78, 5) is 66.6. The Morgan fingerprint density at radius 1 is 0.565 bits per heavy atom. The smallest absolute Gasteiger partial charge is 0.273 e. The molecule has 4 amide bonds. The SMILES string of the molecule is C=Cc1ccccc1.C=Cc1ccccc1.C=Cc1ccccc1.CCN1C(=O)c2cccc3cccc(c23)C1=O.CS(=O)N1C(=O)c2cccc3cccc(c23)C1=O.CSc1nc(O)cc(=O)[nH]1. The highest BCUT2D eigenvalue weighted by atomic mass is 32.2. The van der Waals surface area contributed by atoms with Crippen molar-refractivity contribution >= 4 is 86.1 Å². The number of imide groups is 2. The van der Waals surface area contributed by atoms with Gasteiger partial charge >= 0.3 is 0 Å². The lowest BCUT2D eigenvalue weighted by atomic mass is 9.94. The molecule has 13 heteroatoms. The maximum absolute atomic E-state index is 12.2. The molecule has 7 aromatic carbocycles. The third-order valence-corrected chi connectivity index (χ3v) is 11.6. The van der Waals surface area contributed by atoms with Gasteiger partial charge < -0.3 is 10.1 Å². The van der Waals surface area contributed by atoms with Crippen LogP contribution in [0.3, 0.4) is 0 Å². The van der Waals surface area contributed by atoms with Crippen LogP contribution in [0.2, 0.25) is 0 Å². The first kappa shape index (κ1) is 51.7. The van der Waals surface area contributed by atoms with Gasteiger partial charge in [-0.1, -0.05) is 189 Å². The van der Waals surface area contributed by atoms with Gasteiger partial charge in [0.1, 0.15) is 11.0 Å². The largest absolute Gasteiger partial charge is 0.493 e. The first-order chi connectivity index (χ1) is 33.4. The lowest BCUT2D eigenvalue weighted by molar-refractivity contribution is 0.0617. The molecular formula is C56H50N4O7S2. The number of carbonyl (C=O) groups excluding carboxylic acids is 4. The number of rotatable bonds is 6. The molecule has 1 atom stereocenters. The number of aromatic amines is 1. The maximum atomic E-state index is 12.2. The Morgan fingerprint density at radius 2 is 0.913 bits per heavy atom. The van der Waals surface area contributed by atoms with Gasteiger partial charge in [0.25, 0.3) is 29.2 Å². The average molecular weight is 955 g/mol. The summed E-state index contributed by atoms with van der Waals surface area (Å²) in [5, 5.41) is 12.4. The summed E-state index contributed by atoms with van der Waals surface area (Å²) in [7, 11) is -1.65. The molecule has 1 aromatic heterocycles. The summed E-state index contributed by atoms with van der Waals surface area (Å²) < 4.78 is 12.3. The average Bonchev–Trinajstić information content (AvgIpc) is 3.38. The predicted octanol–water partition coefficient (Wildman–Crippen LogP) is 11.4. The fraction of sp³-hybridized carbons (Fsp3) is 0.0714. The molecule has 0 spiro atoms. The fourth-order valence-electron chi connectivity index (χ4n) is 6.90. The van der Waals surface area contributed by atoms with Crippen molar-refractivity contribution in [2.24, 2.45) is 0 Å². The summed E-state index contributed by atoms with van der Waals surface area (Å²) >= 11 is 1.27. The number of aromatic nitrogens is 2. The molecule has 0 radical (unpaired) electrons. The van der Waals surface area contributed by atoms with E-state index in [1.165, 1.54) is 39.6 Å². The Bertz CT molecular complexity index is 2990. The van der Waals surface area contributed by atoms with Crippen molar-refractivity contribution in [3.63, 3.8) is 0 Å². The van der Waals surface area contributed by atoms with Gasteiger partial charge in [0.05, 0.1) is 6.07 Å². The second kappa shape index (κ2) is 25.6. The van der Waals surface area contributed by atoms with Gasteiger partial charge in [0.2, 0.25) is 5.88 Å². The third-order valence-electron chi connectivity index (χ3n) is 10.2. The maximum Gasteiger partial charge on any atom is 0.273 e. The van der Waals surface area contributed by atoms with E-state index in [4.69, 9.17) is 5.11 Å². The van der Waals surface area contributed by atoms with Gasteiger partial charge in [-0.15, -0.1) is 0 Å². The normalized spacial score (nSPS) is 12.2. The number of carbonyl (C=O) groups is 4. The van der Waals surface area contributed by atoms with Crippen molar-refractivity contribution in [1.29, 1.82) is 0 Å². The molecule has 2 N–H and O–H groups in total. The highest BCUT2D eigenvalue weighted by Gasteiger charge is 2.35. The Hall–Kier alpha value is -8.26. The summed E-state index contributed by atoms with van der Waals surface area (Å²) in [5.41, 5.74) is 5.29. The molecule has 10 rings (SSSR count). The van der Waals surface area contributed by atoms with Crippen molar-refractivity contribution in [2.75, 3.05) is 19.1 Å². The first-order valence-electron chi connectivity index (χ1n) is 21.4. The van der Waals surface area contributed by atoms with Crippen LogP contribution in [0.25, 0.3) is 39.8 Å². The van der Waals surface area contributed by atoms with E-state index in [0.717, 1.165) is 26.5 Å². The Labute approximate surface area is 407 Å². The zero-order chi connectivity index (χ0) is 49.9.